The van der Waals surface area contributed by atoms with Gasteiger partial charge in [0.05, 0.1) is 11.4 Å². The van der Waals surface area contributed by atoms with E-state index in [1.165, 1.54) is 0 Å². The number of hydrogen-bond donors (Lipinski definition) is 2. The predicted molar refractivity (Wildman–Crippen MR) is 76.3 cm³/mol. The second-order valence-electron chi connectivity index (χ2n) is 5.15. The standard InChI is InChI=1S/C13H20N6O/c1-9-5-10(2)19(17-9)8-13(20)14-12-6-11(15-16-12)7-18(3)4/h5-6H,7-8H2,1-4H3,(H2,14,15,16,20). The largest absolute Gasteiger partial charge is 0.308 e. The average Bonchev–Trinajstić information content (AvgIpc) is 2.85. The van der Waals surface area contributed by atoms with Gasteiger partial charge in [0, 0.05) is 18.3 Å². The van der Waals surface area contributed by atoms with Crippen LogP contribution in [0.4, 0.5) is 5.82 Å². The number of nitrogens with one attached hydrogen (secondary N) is 2. The highest BCUT2D eigenvalue weighted by Crippen LogP contribution is 2.07. The van der Waals surface area contributed by atoms with Crippen LogP contribution in [0.2, 0.25) is 0 Å². The molecule has 2 N–H and O–H groups in total. The summed E-state index contributed by atoms with van der Waals surface area (Å²) >= 11 is 0. The highest BCUT2D eigenvalue weighted by Gasteiger charge is 2.09. The Hall–Kier alpha value is -2.15. The molecule has 2 rings (SSSR count). The minimum atomic E-state index is -0.140. The van der Waals surface area contributed by atoms with Crippen LogP contribution < -0.4 is 5.32 Å². The highest BCUT2D eigenvalue weighted by atomic mass is 16.2. The van der Waals surface area contributed by atoms with Crippen molar-refractivity contribution in [1.29, 1.82) is 0 Å². The van der Waals surface area contributed by atoms with Crippen molar-refractivity contribution in [3.8, 4) is 0 Å². The van der Waals surface area contributed by atoms with Crippen LogP contribution in [0.25, 0.3) is 0 Å². The lowest BCUT2D eigenvalue weighted by atomic mass is 10.4. The molecule has 0 spiro atoms. The smallest absolute Gasteiger partial charge is 0.247 e. The Morgan fingerprint density at radius 2 is 2.15 bits per heavy atom. The van der Waals surface area contributed by atoms with E-state index < -0.39 is 0 Å². The van der Waals surface area contributed by atoms with E-state index >= 15 is 0 Å². The van der Waals surface area contributed by atoms with Crippen molar-refractivity contribution in [2.45, 2.75) is 26.9 Å². The van der Waals surface area contributed by atoms with Crippen LogP contribution in [-0.2, 0) is 17.9 Å². The van der Waals surface area contributed by atoms with Gasteiger partial charge in [0.25, 0.3) is 0 Å². The molecule has 0 aromatic carbocycles. The summed E-state index contributed by atoms with van der Waals surface area (Å²) in [5, 5.41) is 14.0. The van der Waals surface area contributed by atoms with E-state index in [0.717, 1.165) is 23.6 Å². The first kappa shape index (κ1) is 14.3. The maximum atomic E-state index is 11.9. The maximum Gasteiger partial charge on any atom is 0.247 e. The van der Waals surface area contributed by atoms with Crippen molar-refractivity contribution in [3.63, 3.8) is 0 Å². The van der Waals surface area contributed by atoms with Crippen molar-refractivity contribution in [3.05, 3.63) is 29.2 Å². The number of anilines is 1. The van der Waals surface area contributed by atoms with Gasteiger partial charge < -0.3 is 10.2 Å². The summed E-state index contributed by atoms with van der Waals surface area (Å²) in [7, 11) is 3.95. The highest BCUT2D eigenvalue weighted by molar-refractivity contribution is 5.89. The SMILES string of the molecule is Cc1cc(C)n(CC(=O)Nc2cc(CN(C)C)[nH]n2)n1. The zero-order valence-electron chi connectivity index (χ0n) is 12.3. The zero-order chi connectivity index (χ0) is 14.7. The molecule has 0 aliphatic carbocycles. The molecule has 2 heterocycles. The van der Waals surface area contributed by atoms with Crippen molar-refractivity contribution >= 4 is 11.7 Å². The van der Waals surface area contributed by atoms with Gasteiger partial charge in [-0.05, 0) is 34.0 Å². The summed E-state index contributed by atoms with van der Waals surface area (Å²) in [4.78, 5) is 14.0. The molecule has 1 amide bonds. The van der Waals surface area contributed by atoms with Gasteiger partial charge in [-0.3, -0.25) is 14.6 Å². The fraction of sp³-hybridized carbons (Fsp3) is 0.462. The molecule has 0 saturated carbocycles. The summed E-state index contributed by atoms with van der Waals surface area (Å²) in [5.74, 6) is 0.396. The summed E-state index contributed by atoms with van der Waals surface area (Å²) in [6.45, 7) is 4.77. The monoisotopic (exact) mass is 276 g/mol. The van der Waals surface area contributed by atoms with Gasteiger partial charge in [-0.2, -0.15) is 10.2 Å². The summed E-state index contributed by atoms with van der Waals surface area (Å²) < 4.78 is 1.68. The number of aryl methyl sites for hydroxylation is 2. The summed E-state index contributed by atoms with van der Waals surface area (Å²) in [6, 6.07) is 3.77. The lowest BCUT2D eigenvalue weighted by Gasteiger charge is -2.05. The van der Waals surface area contributed by atoms with Gasteiger partial charge in [0.2, 0.25) is 5.91 Å². The van der Waals surface area contributed by atoms with Gasteiger partial charge in [0.1, 0.15) is 6.54 Å². The molecule has 0 bridgehead atoms. The third-order valence-corrected chi connectivity index (χ3v) is 2.78. The number of hydrogen-bond acceptors (Lipinski definition) is 4. The summed E-state index contributed by atoms with van der Waals surface area (Å²) in [6.07, 6.45) is 0. The number of carbonyl (C=O) groups excluding carboxylic acids is 1. The number of rotatable bonds is 5. The second-order valence-corrected chi connectivity index (χ2v) is 5.15. The number of nitrogens with zero attached hydrogens (tertiary/aromatic N) is 4. The number of aromatic nitrogens is 4. The van der Waals surface area contributed by atoms with Crippen LogP contribution >= 0.6 is 0 Å². The Kier molecular flexibility index (Phi) is 4.19. The van der Waals surface area contributed by atoms with E-state index in [4.69, 9.17) is 0 Å². The zero-order valence-corrected chi connectivity index (χ0v) is 12.3. The minimum absolute atomic E-state index is 0.140. The van der Waals surface area contributed by atoms with Gasteiger partial charge in [0.15, 0.2) is 5.82 Å². The lowest BCUT2D eigenvalue weighted by molar-refractivity contribution is -0.117. The van der Waals surface area contributed by atoms with Crippen LogP contribution in [-0.4, -0.2) is 44.9 Å². The molecule has 0 atom stereocenters. The molecular weight excluding hydrogens is 256 g/mol. The van der Waals surface area contributed by atoms with E-state index in [0.29, 0.717) is 5.82 Å². The third-order valence-electron chi connectivity index (χ3n) is 2.78. The Bertz CT molecular complexity index is 598. The molecule has 0 saturated heterocycles. The number of aromatic amines is 1. The van der Waals surface area contributed by atoms with Crippen LogP contribution in [0.5, 0.6) is 0 Å². The van der Waals surface area contributed by atoms with Crippen LogP contribution in [0, 0.1) is 13.8 Å². The first-order valence-corrected chi connectivity index (χ1v) is 6.44. The van der Waals surface area contributed by atoms with E-state index in [1.807, 2.05) is 45.0 Å². The molecule has 7 nitrogen and oxygen atoms in total. The Balaban J connectivity index is 1.94. The molecule has 0 radical (unpaired) electrons. The topological polar surface area (TPSA) is 78.8 Å². The van der Waals surface area contributed by atoms with Crippen molar-refractivity contribution in [2.24, 2.45) is 0 Å². The molecule has 108 valence electrons. The maximum absolute atomic E-state index is 11.9. The van der Waals surface area contributed by atoms with Crippen LogP contribution in [0.3, 0.4) is 0 Å². The number of carbonyl (C=O) groups is 1. The molecular formula is C13H20N6O. The first-order valence-electron chi connectivity index (χ1n) is 6.44. The molecule has 0 unspecified atom stereocenters. The van der Waals surface area contributed by atoms with Crippen molar-refractivity contribution in [1.82, 2.24) is 24.9 Å². The van der Waals surface area contributed by atoms with Crippen LogP contribution in [0.1, 0.15) is 17.1 Å². The molecule has 2 aromatic rings. The Morgan fingerprint density at radius 3 is 2.75 bits per heavy atom. The molecule has 7 heteroatoms. The number of amides is 1. The van der Waals surface area contributed by atoms with E-state index in [-0.39, 0.29) is 12.5 Å². The normalized spacial score (nSPS) is 11.1. The van der Waals surface area contributed by atoms with Crippen molar-refractivity contribution in [2.75, 3.05) is 19.4 Å². The molecule has 20 heavy (non-hydrogen) atoms. The van der Waals surface area contributed by atoms with Gasteiger partial charge in [-0.1, -0.05) is 0 Å². The predicted octanol–water partition coefficient (Wildman–Crippen LogP) is 0.923. The fourth-order valence-corrected chi connectivity index (χ4v) is 2.00. The van der Waals surface area contributed by atoms with Crippen LogP contribution in [0.15, 0.2) is 12.1 Å². The van der Waals surface area contributed by atoms with E-state index in [2.05, 4.69) is 20.6 Å². The average molecular weight is 276 g/mol. The molecule has 2 aromatic heterocycles. The molecule has 0 aliphatic rings. The Morgan fingerprint density at radius 1 is 1.40 bits per heavy atom. The first-order chi connectivity index (χ1) is 9.44. The minimum Gasteiger partial charge on any atom is -0.308 e. The van der Waals surface area contributed by atoms with Gasteiger partial charge >= 0.3 is 0 Å². The van der Waals surface area contributed by atoms with Crippen molar-refractivity contribution < 1.29 is 4.79 Å². The molecule has 0 aliphatic heterocycles. The van der Waals surface area contributed by atoms with E-state index in [9.17, 15) is 4.79 Å². The number of H-pyrrole nitrogens is 1. The fourth-order valence-electron chi connectivity index (χ4n) is 2.00. The summed E-state index contributed by atoms with van der Waals surface area (Å²) in [5.41, 5.74) is 2.83. The van der Waals surface area contributed by atoms with Gasteiger partial charge in [-0.25, -0.2) is 0 Å². The quantitative estimate of drug-likeness (QED) is 0.851. The van der Waals surface area contributed by atoms with E-state index in [1.54, 1.807) is 4.68 Å². The third kappa shape index (κ3) is 3.67. The molecule has 0 fully saturated rings. The lowest BCUT2D eigenvalue weighted by Crippen LogP contribution is -2.20. The Labute approximate surface area is 118 Å². The second kappa shape index (κ2) is 5.87. The van der Waals surface area contributed by atoms with Gasteiger partial charge in [-0.15, -0.1) is 0 Å².